The summed E-state index contributed by atoms with van der Waals surface area (Å²) < 4.78 is 36.3. The second-order valence-corrected chi connectivity index (χ2v) is 2.47. The zero-order valence-corrected chi connectivity index (χ0v) is 6.28. The lowest BCUT2D eigenvalue weighted by molar-refractivity contribution is -0.141. The predicted molar refractivity (Wildman–Crippen MR) is 33.8 cm³/mol. The minimum absolute atomic E-state index is 0.701. The average Bonchev–Trinajstić information content (AvgIpc) is 2.11. The van der Waals surface area contributed by atoms with Crippen LogP contribution in [0.25, 0.3) is 0 Å². The molecule has 0 atom stereocenters. The lowest BCUT2D eigenvalue weighted by Crippen LogP contribution is -2.07. The third-order valence-corrected chi connectivity index (χ3v) is 1.61. The number of halogens is 4. The summed E-state index contributed by atoms with van der Waals surface area (Å²) in [6.45, 7) is 0. The Morgan fingerprint density at radius 1 is 1.40 bits per heavy atom. The van der Waals surface area contributed by atoms with Gasteiger partial charge in [0, 0.05) is 6.20 Å². The number of nitrogens with zero attached hydrogens (tertiary/aromatic N) is 1. The molecule has 0 saturated carbocycles. The van der Waals surface area contributed by atoms with Crippen molar-refractivity contribution in [2.45, 2.75) is 6.18 Å². The zero-order chi connectivity index (χ0) is 7.78. The van der Waals surface area contributed by atoms with E-state index >= 15 is 0 Å². The van der Waals surface area contributed by atoms with Crippen LogP contribution >= 0.6 is 16.1 Å². The van der Waals surface area contributed by atoms with Gasteiger partial charge < -0.3 is 0 Å². The van der Waals surface area contributed by atoms with Gasteiger partial charge in [-0.1, -0.05) is 0 Å². The largest absolute Gasteiger partial charge is 0.432 e. The van der Waals surface area contributed by atoms with Gasteiger partial charge in [0.15, 0.2) is 0 Å². The number of hydrogen-bond donors (Lipinski definition) is 0. The quantitative estimate of drug-likeness (QED) is 0.625. The van der Waals surface area contributed by atoms with Crippen molar-refractivity contribution in [3.8, 4) is 0 Å². The van der Waals surface area contributed by atoms with Gasteiger partial charge in [0.1, 0.15) is 5.69 Å². The summed E-state index contributed by atoms with van der Waals surface area (Å²) in [6, 6.07) is 2.31. The van der Waals surface area contributed by atoms with Crippen LogP contribution in [0.3, 0.4) is 0 Å². The normalized spacial score (nSPS) is 12.0. The van der Waals surface area contributed by atoms with Crippen molar-refractivity contribution in [3.63, 3.8) is 0 Å². The fourth-order valence-electron chi connectivity index (χ4n) is 0.577. The molecule has 0 aromatic carbocycles. The monoisotopic (exact) mass is 213 g/mol. The van der Waals surface area contributed by atoms with Crippen LogP contribution in [0.2, 0.25) is 0 Å². The maximum absolute atomic E-state index is 11.8. The molecular formula is C5H3BrF3N. The molecule has 0 radical (unpaired) electrons. The third kappa shape index (κ3) is 1.34. The first-order valence-electron chi connectivity index (χ1n) is 2.42. The molecule has 1 nitrogen and oxygen atoms in total. The van der Waals surface area contributed by atoms with E-state index in [2.05, 4.69) is 16.1 Å². The number of rotatable bonds is 0. The van der Waals surface area contributed by atoms with E-state index < -0.39 is 11.9 Å². The van der Waals surface area contributed by atoms with Crippen LogP contribution in [0.4, 0.5) is 13.2 Å². The van der Waals surface area contributed by atoms with Gasteiger partial charge in [-0.2, -0.15) is 13.2 Å². The Balaban J connectivity index is 3.05. The summed E-state index contributed by atoms with van der Waals surface area (Å²) >= 11 is 2.70. The number of alkyl halides is 3. The Kier molecular flexibility index (Phi) is 1.76. The van der Waals surface area contributed by atoms with Crippen molar-refractivity contribution in [3.05, 3.63) is 24.0 Å². The second kappa shape index (κ2) is 2.30. The van der Waals surface area contributed by atoms with E-state index in [0.717, 1.165) is 9.66 Å². The molecule has 56 valence electrons. The Morgan fingerprint density at radius 3 is 2.20 bits per heavy atom. The van der Waals surface area contributed by atoms with E-state index in [1.54, 1.807) is 0 Å². The van der Waals surface area contributed by atoms with Crippen LogP contribution in [0, 0.1) is 0 Å². The first-order valence-corrected chi connectivity index (χ1v) is 3.13. The molecule has 0 aliphatic rings. The molecule has 0 spiro atoms. The van der Waals surface area contributed by atoms with Crippen molar-refractivity contribution >= 4 is 16.1 Å². The summed E-state index contributed by atoms with van der Waals surface area (Å²) in [7, 11) is 0. The molecule has 0 N–H and O–H groups in total. The molecular weight excluding hydrogens is 211 g/mol. The van der Waals surface area contributed by atoms with E-state index in [-0.39, 0.29) is 0 Å². The lowest BCUT2D eigenvalue weighted by Gasteiger charge is -2.04. The maximum Gasteiger partial charge on any atom is 0.432 e. The molecule has 1 aromatic rings. The minimum Gasteiger partial charge on any atom is -0.280 e. The molecule has 5 heteroatoms. The van der Waals surface area contributed by atoms with Crippen LogP contribution in [0.1, 0.15) is 5.69 Å². The van der Waals surface area contributed by atoms with Crippen LogP contribution in [0.15, 0.2) is 18.3 Å². The zero-order valence-electron chi connectivity index (χ0n) is 4.69. The van der Waals surface area contributed by atoms with E-state index in [1.807, 2.05) is 0 Å². The van der Waals surface area contributed by atoms with Gasteiger partial charge in [0.2, 0.25) is 0 Å². The fraction of sp³-hybridized carbons (Fsp3) is 0.200. The van der Waals surface area contributed by atoms with Gasteiger partial charge in [-0.05, 0) is 12.1 Å². The van der Waals surface area contributed by atoms with E-state index in [1.165, 1.54) is 12.3 Å². The van der Waals surface area contributed by atoms with Gasteiger partial charge in [0.05, 0.1) is 16.1 Å². The molecule has 0 aliphatic heterocycles. The van der Waals surface area contributed by atoms with Gasteiger partial charge in [-0.15, -0.1) is 0 Å². The Morgan fingerprint density at radius 2 is 2.00 bits per heavy atom. The summed E-state index contributed by atoms with van der Waals surface area (Å²) in [5, 5.41) is 0. The molecule has 10 heavy (non-hydrogen) atoms. The molecule has 0 unspecified atom stereocenters. The molecule has 1 rings (SSSR count). The maximum atomic E-state index is 11.8. The standard InChI is InChI=1S/C5H3BrF3N/c6-10-3-1-2-4(10)5(7,8)9/h1-3H. The van der Waals surface area contributed by atoms with E-state index in [0.29, 0.717) is 0 Å². The average molecular weight is 214 g/mol. The van der Waals surface area contributed by atoms with Gasteiger partial charge >= 0.3 is 6.18 Å². The predicted octanol–water partition coefficient (Wildman–Crippen LogP) is 2.66. The van der Waals surface area contributed by atoms with Gasteiger partial charge in [-0.3, -0.25) is 3.59 Å². The van der Waals surface area contributed by atoms with Crippen LogP contribution in [-0.4, -0.2) is 3.59 Å². The summed E-state index contributed by atoms with van der Waals surface area (Å²) in [5.74, 6) is 0. The third-order valence-electron chi connectivity index (χ3n) is 0.992. The first-order chi connectivity index (χ1) is 4.52. The minimum atomic E-state index is -4.27. The van der Waals surface area contributed by atoms with Crippen LogP contribution < -0.4 is 0 Å². The Hall–Kier alpha value is -0.450. The molecule has 1 heterocycles. The highest BCUT2D eigenvalue weighted by Gasteiger charge is 2.33. The molecule has 0 bridgehead atoms. The van der Waals surface area contributed by atoms with Crippen LogP contribution in [0.5, 0.6) is 0 Å². The molecule has 0 saturated heterocycles. The van der Waals surface area contributed by atoms with Gasteiger partial charge in [0.25, 0.3) is 0 Å². The van der Waals surface area contributed by atoms with Crippen molar-refractivity contribution in [1.29, 1.82) is 0 Å². The smallest absolute Gasteiger partial charge is 0.280 e. The van der Waals surface area contributed by atoms with Crippen molar-refractivity contribution < 1.29 is 13.2 Å². The van der Waals surface area contributed by atoms with E-state index in [9.17, 15) is 13.2 Å². The van der Waals surface area contributed by atoms with E-state index in [4.69, 9.17) is 0 Å². The summed E-state index contributed by atoms with van der Waals surface area (Å²) in [4.78, 5) is 0. The summed E-state index contributed by atoms with van der Waals surface area (Å²) in [6.07, 6.45) is -2.99. The highest BCUT2D eigenvalue weighted by molar-refractivity contribution is 9.08. The van der Waals surface area contributed by atoms with Crippen LogP contribution in [-0.2, 0) is 6.18 Å². The van der Waals surface area contributed by atoms with Crippen molar-refractivity contribution in [2.24, 2.45) is 0 Å². The molecule has 0 amide bonds. The molecule has 0 aliphatic carbocycles. The fourth-order valence-corrected chi connectivity index (χ4v) is 1.03. The highest BCUT2D eigenvalue weighted by Crippen LogP contribution is 2.30. The number of hydrogen-bond acceptors (Lipinski definition) is 0. The second-order valence-electron chi connectivity index (χ2n) is 1.70. The van der Waals surface area contributed by atoms with Crippen molar-refractivity contribution in [1.82, 2.24) is 3.59 Å². The molecule has 1 aromatic heterocycles. The topological polar surface area (TPSA) is 4.93 Å². The summed E-state index contributed by atoms with van der Waals surface area (Å²) in [5.41, 5.74) is -0.701. The first kappa shape index (κ1) is 7.65. The van der Waals surface area contributed by atoms with Crippen molar-refractivity contribution in [2.75, 3.05) is 0 Å². The van der Waals surface area contributed by atoms with Gasteiger partial charge in [-0.25, -0.2) is 0 Å². The SMILES string of the molecule is FC(F)(F)c1cccn1Br. The number of aromatic nitrogens is 1. The lowest BCUT2D eigenvalue weighted by atomic mass is 10.4. The Labute approximate surface area is 63.8 Å². The Bertz CT molecular complexity index is 227. The highest BCUT2D eigenvalue weighted by atomic mass is 79.9. The molecule has 0 fully saturated rings.